The van der Waals surface area contributed by atoms with Gasteiger partial charge in [-0.15, -0.1) is 0 Å². The van der Waals surface area contributed by atoms with Gasteiger partial charge in [0.15, 0.2) is 0 Å². The van der Waals surface area contributed by atoms with Gasteiger partial charge >= 0.3 is 0 Å². The van der Waals surface area contributed by atoms with Crippen molar-refractivity contribution in [2.45, 2.75) is 13.8 Å². The fourth-order valence-corrected chi connectivity index (χ4v) is 2.14. The second kappa shape index (κ2) is 4.77. The molecule has 1 aromatic carbocycles. The summed E-state index contributed by atoms with van der Waals surface area (Å²) in [4.78, 5) is 16.5. The number of nitrogens with one attached hydrogen (secondary N) is 2. The average molecular weight is 266 g/mol. The number of fused-ring (bicyclic) bond motifs is 1. The van der Waals surface area contributed by atoms with Crippen LogP contribution in [0.1, 0.15) is 21.7 Å². The number of carbonyl (C=O) groups excluding carboxylic acids is 1. The maximum absolute atomic E-state index is 12.3. The lowest BCUT2D eigenvalue weighted by atomic mass is 10.1. The Morgan fingerprint density at radius 1 is 1.25 bits per heavy atom. The fourth-order valence-electron chi connectivity index (χ4n) is 2.14. The number of H-pyrrole nitrogens is 1. The number of nitrogens with zero attached hydrogens (tertiary/aromatic N) is 2. The molecule has 0 bridgehead atoms. The first-order valence-corrected chi connectivity index (χ1v) is 6.33. The first-order chi connectivity index (χ1) is 9.65. The highest BCUT2D eigenvalue weighted by molar-refractivity contribution is 6.06. The van der Waals surface area contributed by atoms with Crippen molar-refractivity contribution in [3.05, 3.63) is 53.5 Å². The van der Waals surface area contributed by atoms with Gasteiger partial charge in [0.05, 0.1) is 22.6 Å². The van der Waals surface area contributed by atoms with Crippen LogP contribution < -0.4 is 5.32 Å². The molecule has 0 radical (unpaired) electrons. The van der Waals surface area contributed by atoms with Crippen LogP contribution in [0.25, 0.3) is 10.9 Å². The highest BCUT2D eigenvalue weighted by atomic mass is 16.1. The van der Waals surface area contributed by atoms with E-state index in [0.29, 0.717) is 5.56 Å². The van der Waals surface area contributed by atoms with Crippen molar-refractivity contribution in [1.82, 2.24) is 15.2 Å². The number of carbonyl (C=O) groups is 1. The van der Waals surface area contributed by atoms with Crippen LogP contribution in [-0.4, -0.2) is 21.1 Å². The Morgan fingerprint density at radius 2 is 2.10 bits per heavy atom. The molecule has 3 aromatic rings. The molecule has 0 aliphatic rings. The molecule has 100 valence electrons. The number of hydrogen-bond donors (Lipinski definition) is 2. The number of hydrogen-bond acceptors (Lipinski definition) is 3. The van der Waals surface area contributed by atoms with Crippen LogP contribution in [-0.2, 0) is 0 Å². The highest BCUT2D eigenvalue weighted by Crippen LogP contribution is 2.19. The van der Waals surface area contributed by atoms with E-state index in [1.54, 1.807) is 12.3 Å². The molecule has 0 atom stereocenters. The van der Waals surface area contributed by atoms with Gasteiger partial charge in [-0.2, -0.15) is 5.10 Å². The van der Waals surface area contributed by atoms with Crippen molar-refractivity contribution < 1.29 is 4.79 Å². The van der Waals surface area contributed by atoms with Gasteiger partial charge in [-0.25, -0.2) is 0 Å². The highest BCUT2D eigenvalue weighted by Gasteiger charge is 2.12. The van der Waals surface area contributed by atoms with Gasteiger partial charge in [0.25, 0.3) is 5.91 Å². The molecule has 0 saturated heterocycles. The van der Waals surface area contributed by atoms with Crippen LogP contribution in [0.3, 0.4) is 0 Å². The average Bonchev–Trinajstić information content (AvgIpc) is 2.78. The summed E-state index contributed by atoms with van der Waals surface area (Å²) >= 11 is 0. The number of aromatic nitrogens is 3. The van der Waals surface area contributed by atoms with Crippen molar-refractivity contribution in [3.8, 4) is 0 Å². The molecule has 0 saturated carbocycles. The second-order valence-corrected chi connectivity index (χ2v) is 4.67. The topological polar surface area (TPSA) is 70.7 Å². The zero-order valence-corrected chi connectivity index (χ0v) is 11.3. The van der Waals surface area contributed by atoms with Crippen LogP contribution in [0.2, 0.25) is 0 Å². The monoisotopic (exact) mass is 266 g/mol. The Kier molecular flexibility index (Phi) is 2.95. The molecule has 2 heterocycles. The van der Waals surface area contributed by atoms with Crippen molar-refractivity contribution in [2.75, 3.05) is 5.32 Å². The van der Waals surface area contributed by atoms with E-state index in [9.17, 15) is 4.79 Å². The van der Waals surface area contributed by atoms with E-state index < -0.39 is 0 Å². The quantitative estimate of drug-likeness (QED) is 0.749. The summed E-state index contributed by atoms with van der Waals surface area (Å²) < 4.78 is 0. The standard InChI is InChI=1S/C15H14N4O/c1-9-14(10(2)19-18-9)17-15(20)12-5-6-13-11(8-12)4-3-7-16-13/h3-8H,1-2H3,(H,17,20)(H,18,19). The predicted molar refractivity (Wildman–Crippen MR) is 77.8 cm³/mol. The fraction of sp³-hybridized carbons (Fsp3) is 0.133. The Bertz CT molecular complexity index is 772. The minimum absolute atomic E-state index is 0.150. The zero-order valence-electron chi connectivity index (χ0n) is 11.3. The summed E-state index contributed by atoms with van der Waals surface area (Å²) in [6.07, 6.45) is 1.74. The van der Waals surface area contributed by atoms with Crippen molar-refractivity contribution in [1.29, 1.82) is 0 Å². The van der Waals surface area contributed by atoms with E-state index in [2.05, 4.69) is 20.5 Å². The van der Waals surface area contributed by atoms with Gasteiger partial charge in [-0.3, -0.25) is 14.9 Å². The number of rotatable bonds is 2. The molecule has 0 spiro atoms. The first kappa shape index (κ1) is 12.3. The molecule has 2 N–H and O–H groups in total. The third-order valence-electron chi connectivity index (χ3n) is 3.23. The number of aromatic amines is 1. The van der Waals surface area contributed by atoms with E-state index in [1.165, 1.54) is 0 Å². The summed E-state index contributed by atoms with van der Waals surface area (Å²) in [5, 5.41) is 10.7. The van der Waals surface area contributed by atoms with Crippen molar-refractivity contribution in [2.24, 2.45) is 0 Å². The van der Waals surface area contributed by atoms with Crippen LogP contribution in [0.4, 0.5) is 5.69 Å². The molecule has 0 aliphatic carbocycles. The summed E-state index contributed by atoms with van der Waals surface area (Å²) in [6.45, 7) is 3.73. The van der Waals surface area contributed by atoms with Gasteiger partial charge in [0.2, 0.25) is 0 Å². The lowest BCUT2D eigenvalue weighted by Gasteiger charge is -2.06. The van der Waals surface area contributed by atoms with Crippen molar-refractivity contribution in [3.63, 3.8) is 0 Å². The van der Waals surface area contributed by atoms with E-state index in [1.807, 2.05) is 38.1 Å². The van der Waals surface area contributed by atoms with Gasteiger partial charge in [0.1, 0.15) is 0 Å². The van der Waals surface area contributed by atoms with Gasteiger partial charge in [-0.05, 0) is 38.1 Å². The first-order valence-electron chi connectivity index (χ1n) is 6.33. The van der Waals surface area contributed by atoms with E-state index in [-0.39, 0.29) is 5.91 Å². The Hall–Kier alpha value is -2.69. The second-order valence-electron chi connectivity index (χ2n) is 4.67. The molecule has 5 nitrogen and oxygen atoms in total. The summed E-state index contributed by atoms with van der Waals surface area (Å²) in [5.41, 5.74) is 3.84. The Labute approximate surface area is 116 Å². The Morgan fingerprint density at radius 3 is 2.85 bits per heavy atom. The molecule has 0 fully saturated rings. The summed E-state index contributed by atoms with van der Waals surface area (Å²) in [6, 6.07) is 9.25. The largest absolute Gasteiger partial charge is 0.319 e. The third-order valence-corrected chi connectivity index (χ3v) is 3.23. The summed E-state index contributed by atoms with van der Waals surface area (Å²) in [7, 11) is 0. The maximum Gasteiger partial charge on any atom is 0.255 e. The number of aryl methyl sites for hydroxylation is 2. The molecule has 20 heavy (non-hydrogen) atoms. The minimum Gasteiger partial charge on any atom is -0.319 e. The van der Waals surface area contributed by atoms with Gasteiger partial charge in [-0.1, -0.05) is 6.07 Å². The third kappa shape index (κ3) is 2.14. The van der Waals surface area contributed by atoms with Crippen LogP contribution >= 0.6 is 0 Å². The van der Waals surface area contributed by atoms with Crippen LogP contribution in [0.5, 0.6) is 0 Å². The lowest BCUT2D eigenvalue weighted by molar-refractivity contribution is 0.102. The summed E-state index contributed by atoms with van der Waals surface area (Å²) in [5.74, 6) is -0.150. The Balaban J connectivity index is 1.93. The number of benzene rings is 1. The SMILES string of the molecule is Cc1n[nH]c(C)c1NC(=O)c1ccc2ncccc2c1. The van der Waals surface area contributed by atoms with Gasteiger partial charge in [0, 0.05) is 17.1 Å². The maximum atomic E-state index is 12.3. The van der Waals surface area contributed by atoms with Gasteiger partial charge < -0.3 is 5.32 Å². The number of anilines is 1. The minimum atomic E-state index is -0.150. The zero-order chi connectivity index (χ0) is 14.1. The van der Waals surface area contributed by atoms with Crippen LogP contribution in [0.15, 0.2) is 36.5 Å². The predicted octanol–water partition coefficient (Wildman–Crippen LogP) is 2.83. The molecule has 5 heteroatoms. The van der Waals surface area contributed by atoms with Crippen LogP contribution in [0, 0.1) is 13.8 Å². The number of pyridine rings is 1. The molecular weight excluding hydrogens is 252 g/mol. The molecular formula is C15H14N4O. The van der Waals surface area contributed by atoms with E-state index >= 15 is 0 Å². The molecule has 0 unspecified atom stereocenters. The normalized spacial score (nSPS) is 10.7. The molecule has 3 rings (SSSR count). The molecule has 2 aromatic heterocycles. The van der Waals surface area contributed by atoms with E-state index in [4.69, 9.17) is 0 Å². The van der Waals surface area contributed by atoms with E-state index in [0.717, 1.165) is 28.0 Å². The smallest absolute Gasteiger partial charge is 0.255 e. The number of amides is 1. The molecule has 1 amide bonds. The van der Waals surface area contributed by atoms with Crippen molar-refractivity contribution >= 4 is 22.5 Å². The molecule has 0 aliphatic heterocycles. The lowest BCUT2D eigenvalue weighted by Crippen LogP contribution is -2.12.